The van der Waals surface area contributed by atoms with Gasteiger partial charge < -0.3 is 9.84 Å². The molecular formula is C12H18O2S. The van der Waals surface area contributed by atoms with Crippen molar-refractivity contribution in [1.82, 2.24) is 0 Å². The highest BCUT2D eigenvalue weighted by Gasteiger charge is 2.69. The molecule has 1 aliphatic heterocycles. The van der Waals surface area contributed by atoms with Crippen molar-refractivity contribution in [3.05, 3.63) is 11.6 Å². The molecule has 0 bridgehead atoms. The van der Waals surface area contributed by atoms with E-state index < -0.39 is 5.60 Å². The smallest absolute Gasteiger partial charge is 0.113 e. The van der Waals surface area contributed by atoms with Crippen LogP contribution in [0.25, 0.3) is 0 Å². The van der Waals surface area contributed by atoms with Gasteiger partial charge in [-0.1, -0.05) is 18.9 Å². The van der Waals surface area contributed by atoms with Crippen molar-refractivity contribution >= 4 is 11.8 Å². The van der Waals surface area contributed by atoms with Crippen molar-refractivity contribution in [2.45, 2.75) is 48.6 Å². The van der Waals surface area contributed by atoms with Gasteiger partial charge >= 0.3 is 0 Å². The topological polar surface area (TPSA) is 29.5 Å². The molecule has 0 unspecified atom stereocenters. The Hall–Kier alpha value is 0.0100. The molecule has 3 rings (SSSR count). The Morgan fingerprint density at radius 2 is 2.27 bits per heavy atom. The van der Waals surface area contributed by atoms with Gasteiger partial charge in [0.15, 0.2) is 0 Å². The van der Waals surface area contributed by atoms with E-state index in [0.29, 0.717) is 0 Å². The van der Waals surface area contributed by atoms with E-state index >= 15 is 0 Å². The van der Waals surface area contributed by atoms with Crippen molar-refractivity contribution in [1.29, 1.82) is 0 Å². The van der Waals surface area contributed by atoms with Gasteiger partial charge in [0.1, 0.15) is 11.7 Å². The van der Waals surface area contributed by atoms with Crippen LogP contribution in [0.1, 0.15) is 32.1 Å². The minimum absolute atomic E-state index is 0.00363. The molecule has 2 saturated carbocycles. The van der Waals surface area contributed by atoms with Crippen LogP contribution in [0.5, 0.6) is 0 Å². The Morgan fingerprint density at radius 1 is 1.47 bits per heavy atom. The first-order chi connectivity index (χ1) is 7.24. The average molecular weight is 226 g/mol. The SMILES string of the molecule is CS[C@@]12CCCC[C@]1(O)[C@@H]1OCCC=C12. The van der Waals surface area contributed by atoms with E-state index in [1.54, 1.807) is 0 Å². The first kappa shape index (κ1) is 10.2. The fourth-order valence-corrected chi connectivity index (χ4v) is 4.95. The molecule has 0 aromatic carbocycles. The van der Waals surface area contributed by atoms with Gasteiger partial charge in [-0.25, -0.2) is 0 Å². The first-order valence-electron chi connectivity index (χ1n) is 5.84. The van der Waals surface area contributed by atoms with Crippen molar-refractivity contribution in [2.75, 3.05) is 12.9 Å². The predicted molar refractivity (Wildman–Crippen MR) is 62.1 cm³/mol. The molecule has 3 atom stereocenters. The lowest BCUT2D eigenvalue weighted by atomic mass is 9.55. The number of hydrogen-bond donors (Lipinski definition) is 1. The monoisotopic (exact) mass is 226 g/mol. The third kappa shape index (κ3) is 1.04. The number of hydrogen-bond acceptors (Lipinski definition) is 3. The molecule has 0 spiro atoms. The summed E-state index contributed by atoms with van der Waals surface area (Å²) in [4.78, 5) is 0. The third-order valence-electron chi connectivity index (χ3n) is 4.33. The number of thioether (sulfide) groups is 1. The van der Waals surface area contributed by atoms with E-state index in [1.165, 1.54) is 12.0 Å². The molecule has 2 fully saturated rings. The molecule has 0 amide bonds. The summed E-state index contributed by atoms with van der Waals surface area (Å²) in [6, 6.07) is 0. The lowest BCUT2D eigenvalue weighted by Crippen LogP contribution is -2.74. The molecule has 84 valence electrons. The summed E-state index contributed by atoms with van der Waals surface area (Å²) in [5.74, 6) is 0. The Labute approximate surface area is 95.1 Å². The van der Waals surface area contributed by atoms with Gasteiger partial charge in [-0.2, -0.15) is 11.8 Å². The van der Waals surface area contributed by atoms with Crippen LogP contribution in [-0.4, -0.2) is 34.4 Å². The van der Waals surface area contributed by atoms with Crippen LogP contribution < -0.4 is 0 Å². The van der Waals surface area contributed by atoms with Gasteiger partial charge in [0.2, 0.25) is 0 Å². The second-order valence-corrected chi connectivity index (χ2v) is 5.97. The normalized spacial score (nSPS) is 48.7. The number of ether oxygens (including phenoxy) is 1. The zero-order valence-electron chi connectivity index (χ0n) is 9.16. The zero-order chi connectivity index (χ0) is 10.5. The second kappa shape index (κ2) is 3.25. The van der Waals surface area contributed by atoms with Gasteiger partial charge in [-0.15, -0.1) is 0 Å². The van der Waals surface area contributed by atoms with Crippen LogP contribution >= 0.6 is 11.8 Å². The Kier molecular flexibility index (Phi) is 2.21. The minimum atomic E-state index is -0.572. The summed E-state index contributed by atoms with van der Waals surface area (Å²) in [6.45, 7) is 0.779. The fraction of sp³-hybridized carbons (Fsp3) is 0.833. The van der Waals surface area contributed by atoms with Crippen LogP contribution in [0, 0.1) is 0 Å². The number of rotatable bonds is 1. The van der Waals surface area contributed by atoms with Gasteiger partial charge in [0.05, 0.1) is 11.4 Å². The molecule has 1 N–H and O–H groups in total. The maximum absolute atomic E-state index is 10.8. The summed E-state index contributed by atoms with van der Waals surface area (Å²) < 4.78 is 5.74. The minimum Gasteiger partial charge on any atom is -0.385 e. The highest BCUT2D eigenvalue weighted by atomic mass is 32.2. The van der Waals surface area contributed by atoms with Gasteiger partial charge in [-0.3, -0.25) is 0 Å². The van der Waals surface area contributed by atoms with E-state index in [1.807, 2.05) is 11.8 Å². The molecule has 0 saturated heterocycles. The van der Waals surface area contributed by atoms with Crippen LogP contribution in [0.3, 0.4) is 0 Å². The molecule has 2 aliphatic carbocycles. The summed E-state index contributed by atoms with van der Waals surface area (Å²) in [6.07, 6.45) is 9.89. The summed E-state index contributed by atoms with van der Waals surface area (Å²) in [5.41, 5.74) is 0.806. The Balaban J connectivity index is 2.02. The molecule has 0 radical (unpaired) electrons. The Morgan fingerprint density at radius 3 is 3.07 bits per heavy atom. The summed E-state index contributed by atoms with van der Waals surface area (Å²) >= 11 is 1.83. The van der Waals surface area contributed by atoms with Crippen molar-refractivity contribution < 1.29 is 9.84 Å². The number of fused-ring (bicyclic) bond motifs is 4. The van der Waals surface area contributed by atoms with E-state index in [0.717, 1.165) is 32.3 Å². The molecular weight excluding hydrogens is 208 g/mol. The average Bonchev–Trinajstić information content (AvgIpc) is 2.28. The Bertz CT molecular complexity index is 315. The highest BCUT2D eigenvalue weighted by molar-refractivity contribution is 8.00. The van der Waals surface area contributed by atoms with Crippen LogP contribution in [-0.2, 0) is 4.74 Å². The van der Waals surface area contributed by atoms with Gasteiger partial charge in [0, 0.05) is 0 Å². The van der Waals surface area contributed by atoms with E-state index in [2.05, 4.69) is 12.3 Å². The maximum Gasteiger partial charge on any atom is 0.113 e. The van der Waals surface area contributed by atoms with Crippen molar-refractivity contribution in [3.8, 4) is 0 Å². The van der Waals surface area contributed by atoms with Crippen LogP contribution in [0.15, 0.2) is 11.6 Å². The first-order valence-corrected chi connectivity index (χ1v) is 7.07. The summed E-state index contributed by atoms with van der Waals surface area (Å²) in [7, 11) is 0. The molecule has 3 aliphatic rings. The van der Waals surface area contributed by atoms with Crippen LogP contribution in [0.2, 0.25) is 0 Å². The summed E-state index contributed by atoms with van der Waals surface area (Å²) in [5, 5.41) is 10.8. The van der Waals surface area contributed by atoms with E-state index in [-0.39, 0.29) is 10.9 Å². The molecule has 0 aromatic heterocycles. The second-order valence-electron chi connectivity index (χ2n) is 4.86. The molecule has 1 heterocycles. The van der Waals surface area contributed by atoms with Crippen molar-refractivity contribution in [2.24, 2.45) is 0 Å². The fourth-order valence-electron chi connectivity index (χ4n) is 3.61. The highest BCUT2D eigenvalue weighted by Crippen LogP contribution is 2.63. The van der Waals surface area contributed by atoms with Crippen molar-refractivity contribution in [3.63, 3.8) is 0 Å². The molecule has 3 heteroatoms. The zero-order valence-corrected chi connectivity index (χ0v) is 9.98. The standard InChI is InChI=1S/C12H18O2S/c1-15-12-7-3-2-6-11(12,13)10-9(12)5-4-8-14-10/h5,10,13H,2-4,6-8H2,1H3/t10-,11+,12-/m1/s1. The predicted octanol–water partition coefficient (Wildman–Crippen LogP) is 2.12. The van der Waals surface area contributed by atoms with E-state index in [4.69, 9.17) is 4.74 Å². The van der Waals surface area contributed by atoms with Crippen LogP contribution in [0.4, 0.5) is 0 Å². The third-order valence-corrected chi connectivity index (χ3v) is 5.82. The quantitative estimate of drug-likeness (QED) is 0.695. The molecule has 0 aromatic rings. The van der Waals surface area contributed by atoms with Gasteiger partial charge in [0.25, 0.3) is 0 Å². The van der Waals surface area contributed by atoms with Gasteiger partial charge in [-0.05, 0) is 31.1 Å². The lowest BCUT2D eigenvalue weighted by Gasteiger charge is -2.65. The van der Waals surface area contributed by atoms with E-state index in [9.17, 15) is 5.11 Å². The largest absolute Gasteiger partial charge is 0.385 e. The maximum atomic E-state index is 10.8. The lowest BCUT2D eigenvalue weighted by molar-refractivity contribution is -0.175. The molecule has 2 nitrogen and oxygen atoms in total. The number of aliphatic hydroxyl groups is 1. The molecule has 15 heavy (non-hydrogen) atoms.